The van der Waals surface area contributed by atoms with Crippen LogP contribution in [0.4, 0.5) is 0 Å². The monoisotopic (exact) mass is 192 g/mol. The molecule has 0 saturated carbocycles. The predicted octanol–water partition coefficient (Wildman–Crippen LogP) is 2.34. The van der Waals surface area contributed by atoms with Gasteiger partial charge in [-0.1, -0.05) is 13.8 Å². The Morgan fingerprint density at radius 2 is 1.82 bits per heavy atom. The van der Waals surface area contributed by atoms with E-state index in [0.717, 1.165) is 0 Å². The lowest BCUT2D eigenvalue weighted by molar-refractivity contribution is 0.289. The second kappa shape index (κ2) is 3.58. The molecule has 1 aliphatic heterocycles. The van der Waals surface area contributed by atoms with Crippen LogP contribution in [0.2, 0.25) is 0 Å². The average molecular weight is 192 g/mol. The van der Waals surface area contributed by atoms with Crippen molar-refractivity contribution >= 4 is 23.5 Å². The summed E-state index contributed by atoms with van der Waals surface area (Å²) in [5.41, 5.74) is 0. The molecular weight excluding hydrogens is 176 g/mol. The maximum atomic E-state index is 9.14. The quantitative estimate of drug-likeness (QED) is 0.688. The Morgan fingerprint density at radius 1 is 1.36 bits per heavy atom. The number of aliphatic hydroxyl groups excluding tert-OH is 1. The van der Waals surface area contributed by atoms with Gasteiger partial charge >= 0.3 is 0 Å². The Hall–Kier alpha value is 0.660. The van der Waals surface area contributed by atoms with Crippen molar-refractivity contribution in [1.82, 2.24) is 0 Å². The highest BCUT2D eigenvalue weighted by molar-refractivity contribution is 8.19. The van der Waals surface area contributed by atoms with Crippen LogP contribution in [0.1, 0.15) is 27.2 Å². The van der Waals surface area contributed by atoms with Crippen molar-refractivity contribution < 1.29 is 5.11 Å². The number of hydrogen-bond donors (Lipinski definition) is 1. The second-order valence-corrected chi connectivity index (χ2v) is 7.53. The first-order valence-corrected chi connectivity index (χ1v) is 5.78. The Balaban J connectivity index is 2.55. The first-order valence-electron chi connectivity index (χ1n) is 4.02. The summed E-state index contributed by atoms with van der Waals surface area (Å²) in [7, 11) is 0. The van der Waals surface area contributed by atoms with Crippen LogP contribution in [0.3, 0.4) is 0 Å². The van der Waals surface area contributed by atoms with Crippen molar-refractivity contribution in [2.45, 2.75) is 41.8 Å². The van der Waals surface area contributed by atoms with E-state index in [4.69, 9.17) is 5.11 Å². The van der Waals surface area contributed by atoms with Crippen molar-refractivity contribution in [1.29, 1.82) is 0 Å². The molecule has 11 heavy (non-hydrogen) atoms. The summed E-state index contributed by atoms with van der Waals surface area (Å²) in [6, 6.07) is 0. The maximum absolute atomic E-state index is 9.14. The fraction of sp³-hybridized carbons (Fsp3) is 1.00. The van der Waals surface area contributed by atoms with Crippen molar-refractivity contribution in [2.75, 3.05) is 6.61 Å². The number of aliphatic hydroxyl groups is 1. The second-order valence-electron chi connectivity index (χ2n) is 3.38. The molecule has 0 aliphatic carbocycles. The van der Waals surface area contributed by atoms with E-state index >= 15 is 0 Å². The van der Waals surface area contributed by atoms with Gasteiger partial charge in [0.2, 0.25) is 0 Å². The molecule has 1 saturated heterocycles. The van der Waals surface area contributed by atoms with E-state index in [2.05, 4.69) is 20.8 Å². The molecule has 1 heterocycles. The number of thioether (sulfide) groups is 2. The lowest BCUT2D eigenvalue weighted by Gasteiger charge is -2.37. The first-order chi connectivity index (χ1) is 5.06. The Labute approximate surface area is 77.3 Å². The SMILES string of the molecule is C[C@H]1C[C@H](C)SC(C)(CO)S1. The summed E-state index contributed by atoms with van der Waals surface area (Å²) < 4.78 is 0.0527. The van der Waals surface area contributed by atoms with Crippen LogP contribution in [0.5, 0.6) is 0 Å². The highest BCUT2D eigenvalue weighted by Gasteiger charge is 2.34. The van der Waals surface area contributed by atoms with Crippen molar-refractivity contribution in [3.63, 3.8) is 0 Å². The Morgan fingerprint density at radius 3 is 2.18 bits per heavy atom. The Bertz CT molecular complexity index is 128. The number of rotatable bonds is 1. The molecule has 66 valence electrons. The molecule has 0 amide bonds. The normalized spacial score (nSPS) is 45.8. The van der Waals surface area contributed by atoms with Crippen LogP contribution in [0.25, 0.3) is 0 Å². The molecule has 0 aromatic rings. The van der Waals surface area contributed by atoms with E-state index in [1.165, 1.54) is 6.42 Å². The molecule has 1 aliphatic rings. The Kier molecular flexibility index (Phi) is 3.18. The summed E-state index contributed by atoms with van der Waals surface area (Å²) in [4.78, 5) is 0. The van der Waals surface area contributed by atoms with Crippen LogP contribution < -0.4 is 0 Å². The lowest BCUT2D eigenvalue weighted by atomic mass is 10.3. The minimum absolute atomic E-state index is 0.0527. The minimum Gasteiger partial charge on any atom is -0.394 e. The molecule has 0 unspecified atom stereocenters. The highest BCUT2D eigenvalue weighted by Crippen LogP contribution is 2.48. The zero-order chi connectivity index (χ0) is 8.48. The van der Waals surface area contributed by atoms with Gasteiger partial charge in [-0.05, 0) is 13.3 Å². The minimum atomic E-state index is 0.0527. The third-order valence-corrected chi connectivity index (χ3v) is 4.87. The van der Waals surface area contributed by atoms with Gasteiger partial charge in [-0.15, -0.1) is 23.5 Å². The van der Waals surface area contributed by atoms with E-state index < -0.39 is 0 Å². The van der Waals surface area contributed by atoms with Gasteiger partial charge in [0, 0.05) is 10.5 Å². The summed E-state index contributed by atoms with van der Waals surface area (Å²) >= 11 is 3.81. The maximum Gasteiger partial charge on any atom is 0.0817 e. The third kappa shape index (κ3) is 2.56. The van der Waals surface area contributed by atoms with Gasteiger partial charge in [-0.2, -0.15) is 0 Å². The molecule has 0 spiro atoms. The standard InChI is InChI=1S/C8H16OS2/c1-6-4-7(2)11-8(3,5-9)10-6/h6-7,9H,4-5H2,1-3H3/t6-,7-/m0/s1. The largest absolute Gasteiger partial charge is 0.394 e. The van der Waals surface area contributed by atoms with Gasteiger partial charge in [0.05, 0.1) is 10.7 Å². The highest BCUT2D eigenvalue weighted by atomic mass is 32.2. The smallest absolute Gasteiger partial charge is 0.0817 e. The van der Waals surface area contributed by atoms with E-state index in [0.29, 0.717) is 10.5 Å². The topological polar surface area (TPSA) is 20.2 Å². The molecule has 1 rings (SSSR count). The van der Waals surface area contributed by atoms with Crippen molar-refractivity contribution in [2.24, 2.45) is 0 Å². The van der Waals surface area contributed by atoms with Crippen LogP contribution in [-0.2, 0) is 0 Å². The van der Waals surface area contributed by atoms with Crippen LogP contribution in [-0.4, -0.2) is 26.3 Å². The van der Waals surface area contributed by atoms with Crippen LogP contribution in [0.15, 0.2) is 0 Å². The van der Waals surface area contributed by atoms with Gasteiger partial charge in [0.25, 0.3) is 0 Å². The van der Waals surface area contributed by atoms with Gasteiger partial charge in [0.15, 0.2) is 0 Å². The molecule has 1 N–H and O–H groups in total. The third-order valence-electron chi connectivity index (χ3n) is 1.85. The van der Waals surface area contributed by atoms with Gasteiger partial charge in [0.1, 0.15) is 0 Å². The molecular formula is C8H16OS2. The molecule has 2 atom stereocenters. The van der Waals surface area contributed by atoms with Crippen LogP contribution >= 0.6 is 23.5 Å². The lowest BCUT2D eigenvalue weighted by Crippen LogP contribution is -2.31. The molecule has 0 bridgehead atoms. The first kappa shape index (κ1) is 9.75. The van der Waals surface area contributed by atoms with Gasteiger partial charge in [-0.25, -0.2) is 0 Å². The van der Waals surface area contributed by atoms with Gasteiger partial charge in [-0.3, -0.25) is 0 Å². The molecule has 1 fully saturated rings. The summed E-state index contributed by atoms with van der Waals surface area (Å²) in [6.07, 6.45) is 1.27. The van der Waals surface area contributed by atoms with Crippen molar-refractivity contribution in [3.05, 3.63) is 0 Å². The van der Waals surface area contributed by atoms with E-state index in [9.17, 15) is 0 Å². The van der Waals surface area contributed by atoms with E-state index in [-0.39, 0.29) is 10.7 Å². The van der Waals surface area contributed by atoms with Crippen molar-refractivity contribution in [3.8, 4) is 0 Å². The molecule has 0 aromatic carbocycles. The predicted molar refractivity (Wildman–Crippen MR) is 54.2 cm³/mol. The molecule has 1 nitrogen and oxygen atoms in total. The number of hydrogen-bond acceptors (Lipinski definition) is 3. The zero-order valence-electron chi connectivity index (χ0n) is 7.33. The fourth-order valence-electron chi connectivity index (χ4n) is 1.52. The van der Waals surface area contributed by atoms with Crippen LogP contribution in [0, 0.1) is 0 Å². The summed E-state index contributed by atoms with van der Waals surface area (Å²) in [6.45, 7) is 6.91. The molecule has 0 radical (unpaired) electrons. The fourth-order valence-corrected chi connectivity index (χ4v) is 5.47. The zero-order valence-corrected chi connectivity index (χ0v) is 8.97. The van der Waals surface area contributed by atoms with Gasteiger partial charge < -0.3 is 5.11 Å². The van der Waals surface area contributed by atoms with E-state index in [1.54, 1.807) is 0 Å². The molecule has 0 aromatic heterocycles. The molecule has 3 heteroatoms. The summed E-state index contributed by atoms with van der Waals surface area (Å²) in [5, 5.41) is 10.5. The van der Waals surface area contributed by atoms with E-state index in [1.807, 2.05) is 23.5 Å². The summed E-state index contributed by atoms with van der Waals surface area (Å²) in [5.74, 6) is 0. The average Bonchev–Trinajstić information content (AvgIpc) is 1.84.